The molecular formula is C13H21NO. The van der Waals surface area contributed by atoms with Crippen molar-refractivity contribution in [1.29, 1.82) is 0 Å². The van der Waals surface area contributed by atoms with Crippen LogP contribution in [0, 0.1) is 13.8 Å². The van der Waals surface area contributed by atoms with E-state index in [1.54, 1.807) is 7.11 Å². The number of hydrogen-bond donors (Lipinski definition) is 1. The first-order valence-corrected chi connectivity index (χ1v) is 5.39. The lowest BCUT2D eigenvalue weighted by atomic mass is 9.94. The van der Waals surface area contributed by atoms with Crippen LogP contribution in [-0.4, -0.2) is 27.3 Å². The van der Waals surface area contributed by atoms with Gasteiger partial charge in [0, 0.05) is 19.6 Å². The number of hydrogen-bond acceptors (Lipinski definition) is 2. The van der Waals surface area contributed by atoms with Crippen molar-refractivity contribution in [3.63, 3.8) is 0 Å². The minimum absolute atomic E-state index is 0.445. The molecular weight excluding hydrogens is 186 g/mol. The Morgan fingerprint density at radius 1 is 1.33 bits per heavy atom. The van der Waals surface area contributed by atoms with Gasteiger partial charge in [-0.25, -0.2) is 0 Å². The van der Waals surface area contributed by atoms with Crippen molar-refractivity contribution in [1.82, 2.24) is 5.32 Å². The third-order valence-electron chi connectivity index (χ3n) is 2.68. The van der Waals surface area contributed by atoms with Crippen molar-refractivity contribution in [3.8, 4) is 0 Å². The predicted octanol–water partition coefficient (Wildman–Crippen LogP) is 2.25. The summed E-state index contributed by atoms with van der Waals surface area (Å²) in [6.07, 6.45) is 0. The number of rotatable bonds is 5. The summed E-state index contributed by atoms with van der Waals surface area (Å²) in [6, 6.07) is 6.61. The molecule has 2 heteroatoms. The van der Waals surface area contributed by atoms with Gasteiger partial charge < -0.3 is 10.1 Å². The van der Waals surface area contributed by atoms with Gasteiger partial charge in [0.25, 0.3) is 0 Å². The molecule has 1 aromatic carbocycles. The Bertz CT molecular complexity index is 303. The van der Waals surface area contributed by atoms with Crippen LogP contribution >= 0.6 is 0 Å². The van der Waals surface area contributed by atoms with Crippen LogP contribution in [0.1, 0.15) is 22.6 Å². The van der Waals surface area contributed by atoms with Crippen molar-refractivity contribution < 1.29 is 4.74 Å². The largest absolute Gasteiger partial charge is 0.384 e. The molecule has 0 saturated carbocycles. The van der Waals surface area contributed by atoms with Gasteiger partial charge in [-0.3, -0.25) is 0 Å². The molecule has 0 saturated heterocycles. The number of nitrogens with one attached hydrogen (secondary N) is 1. The second kappa shape index (κ2) is 5.89. The molecule has 1 aromatic rings. The molecule has 0 radical (unpaired) electrons. The van der Waals surface area contributed by atoms with Gasteiger partial charge in [-0.05, 0) is 32.0 Å². The summed E-state index contributed by atoms with van der Waals surface area (Å²) < 4.78 is 5.26. The van der Waals surface area contributed by atoms with E-state index in [1.807, 2.05) is 7.05 Å². The zero-order chi connectivity index (χ0) is 11.3. The van der Waals surface area contributed by atoms with Crippen LogP contribution in [0.25, 0.3) is 0 Å². The number of methoxy groups -OCH3 is 1. The highest BCUT2D eigenvalue weighted by Gasteiger charge is 2.12. The zero-order valence-electron chi connectivity index (χ0n) is 10.1. The standard InChI is InChI=1S/C13H21NO/c1-10-5-6-13(11(2)7-10)12(8-14-3)9-15-4/h5-7,12,14H,8-9H2,1-4H3. The van der Waals surface area contributed by atoms with E-state index in [2.05, 4.69) is 37.4 Å². The third kappa shape index (κ3) is 3.33. The second-order valence-electron chi connectivity index (χ2n) is 4.07. The topological polar surface area (TPSA) is 21.3 Å². The van der Waals surface area contributed by atoms with Crippen molar-refractivity contribution >= 4 is 0 Å². The molecule has 84 valence electrons. The predicted molar refractivity (Wildman–Crippen MR) is 64.5 cm³/mol. The van der Waals surface area contributed by atoms with Crippen LogP contribution in [-0.2, 0) is 4.74 Å². The molecule has 0 aliphatic rings. The van der Waals surface area contributed by atoms with Crippen LogP contribution in [0.5, 0.6) is 0 Å². The lowest BCUT2D eigenvalue weighted by Gasteiger charge is -2.18. The van der Waals surface area contributed by atoms with Crippen molar-refractivity contribution in [2.75, 3.05) is 27.3 Å². The number of ether oxygens (including phenoxy) is 1. The second-order valence-corrected chi connectivity index (χ2v) is 4.07. The first-order chi connectivity index (χ1) is 7.19. The Balaban J connectivity index is 2.89. The fourth-order valence-corrected chi connectivity index (χ4v) is 1.99. The van der Waals surface area contributed by atoms with Gasteiger partial charge in [0.2, 0.25) is 0 Å². The van der Waals surface area contributed by atoms with Crippen LogP contribution in [0.15, 0.2) is 18.2 Å². The summed E-state index contributed by atoms with van der Waals surface area (Å²) >= 11 is 0. The lowest BCUT2D eigenvalue weighted by molar-refractivity contribution is 0.178. The van der Waals surface area contributed by atoms with Gasteiger partial charge in [0.1, 0.15) is 0 Å². The maximum Gasteiger partial charge on any atom is 0.0543 e. The average molecular weight is 207 g/mol. The van der Waals surface area contributed by atoms with Crippen LogP contribution < -0.4 is 5.32 Å². The molecule has 0 spiro atoms. The minimum Gasteiger partial charge on any atom is -0.384 e. The van der Waals surface area contributed by atoms with E-state index >= 15 is 0 Å². The van der Waals surface area contributed by atoms with E-state index in [-0.39, 0.29) is 0 Å². The van der Waals surface area contributed by atoms with Gasteiger partial charge in [-0.2, -0.15) is 0 Å². The number of benzene rings is 1. The molecule has 2 nitrogen and oxygen atoms in total. The molecule has 0 heterocycles. The smallest absolute Gasteiger partial charge is 0.0543 e. The lowest BCUT2D eigenvalue weighted by Crippen LogP contribution is -2.21. The Hall–Kier alpha value is -0.860. The first-order valence-electron chi connectivity index (χ1n) is 5.39. The molecule has 0 aliphatic carbocycles. The van der Waals surface area contributed by atoms with Gasteiger partial charge >= 0.3 is 0 Å². The summed E-state index contributed by atoms with van der Waals surface area (Å²) in [4.78, 5) is 0. The summed E-state index contributed by atoms with van der Waals surface area (Å²) in [5, 5.41) is 3.21. The Morgan fingerprint density at radius 3 is 2.60 bits per heavy atom. The quantitative estimate of drug-likeness (QED) is 0.799. The van der Waals surface area contributed by atoms with Crippen LogP contribution in [0.4, 0.5) is 0 Å². The summed E-state index contributed by atoms with van der Waals surface area (Å²) in [5.74, 6) is 0.445. The maximum absolute atomic E-state index is 5.26. The van der Waals surface area contributed by atoms with Gasteiger partial charge in [-0.15, -0.1) is 0 Å². The molecule has 1 atom stereocenters. The fraction of sp³-hybridized carbons (Fsp3) is 0.538. The maximum atomic E-state index is 5.26. The third-order valence-corrected chi connectivity index (χ3v) is 2.68. The van der Waals surface area contributed by atoms with Gasteiger partial charge in [0.15, 0.2) is 0 Å². The highest BCUT2D eigenvalue weighted by molar-refractivity contribution is 5.33. The Morgan fingerprint density at radius 2 is 2.07 bits per heavy atom. The normalized spacial score (nSPS) is 12.8. The monoisotopic (exact) mass is 207 g/mol. The van der Waals surface area contributed by atoms with Crippen LogP contribution in [0.3, 0.4) is 0 Å². The Kier molecular flexibility index (Phi) is 4.79. The molecule has 0 bridgehead atoms. The van der Waals surface area contributed by atoms with E-state index in [0.717, 1.165) is 13.2 Å². The van der Waals surface area contributed by atoms with Crippen molar-refractivity contribution in [2.24, 2.45) is 0 Å². The Labute approximate surface area is 92.6 Å². The molecule has 0 amide bonds. The molecule has 1 rings (SSSR count). The molecule has 1 N–H and O–H groups in total. The fourth-order valence-electron chi connectivity index (χ4n) is 1.99. The summed E-state index contributed by atoms with van der Waals surface area (Å²) in [5.41, 5.74) is 4.06. The summed E-state index contributed by atoms with van der Waals surface area (Å²) in [6.45, 7) is 6.02. The molecule has 1 unspecified atom stereocenters. The zero-order valence-corrected chi connectivity index (χ0v) is 10.1. The van der Waals surface area contributed by atoms with E-state index in [0.29, 0.717) is 5.92 Å². The average Bonchev–Trinajstić information content (AvgIpc) is 2.17. The molecule has 15 heavy (non-hydrogen) atoms. The first kappa shape index (κ1) is 12.2. The van der Waals surface area contributed by atoms with Crippen molar-refractivity contribution in [2.45, 2.75) is 19.8 Å². The highest BCUT2D eigenvalue weighted by Crippen LogP contribution is 2.20. The van der Waals surface area contributed by atoms with E-state index < -0.39 is 0 Å². The minimum atomic E-state index is 0.445. The van der Waals surface area contributed by atoms with Gasteiger partial charge in [-0.1, -0.05) is 23.8 Å². The van der Waals surface area contributed by atoms with E-state index in [9.17, 15) is 0 Å². The number of aryl methyl sites for hydroxylation is 2. The number of likely N-dealkylation sites (N-methyl/N-ethyl adjacent to an activating group) is 1. The molecule has 0 aromatic heterocycles. The van der Waals surface area contributed by atoms with E-state index in [4.69, 9.17) is 4.74 Å². The van der Waals surface area contributed by atoms with Gasteiger partial charge in [0.05, 0.1) is 6.61 Å². The molecule has 0 fully saturated rings. The SMILES string of the molecule is CNCC(COC)c1ccc(C)cc1C. The van der Waals surface area contributed by atoms with Crippen LogP contribution in [0.2, 0.25) is 0 Å². The van der Waals surface area contributed by atoms with Crippen molar-refractivity contribution in [3.05, 3.63) is 34.9 Å². The summed E-state index contributed by atoms with van der Waals surface area (Å²) in [7, 11) is 3.73. The molecule has 0 aliphatic heterocycles. The highest BCUT2D eigenvalue weighted by atomic mass is 16.5. The van der Waals surface area contributed by atoms with E-state index in [1.165, 1.54) is 16.7 Å².